The minimum atomic E-state index is 0.500. The van der Waals surface area contributed by atoms with Crippen LogP contribution in [0.3, 0.4) is 0 Å². The topological polar surface area (TPSA) is 0 Å². The van der Waals surface area contributed by atoms with E-state index in [0.29, 0.717) is 5.92 Å². The second-order valence-electron chi connectivity index (χ2n) is 6.18. The third-order valence-electron chi connectivity index (χ3n) is 3.42. The van der Waals surface area contributed by atoms with Gasteiger partial charge in [-0.25, -0.2) is 0 Å². The lowest BCUT2D eigenvalue weighted by Gasteiger charge is -2.19. The van der Waals surface area contributed by atoms with Crippen molar-refractivity contribution in [2.45, 2.75) is 60.8 Å². The molecule has 0 bridgehead atoms. The van der Waals surface area contributed by atoms with Crippen LogP contribution in [0.2, 0.25) is 0 Å². The third kappa shape index (κ3) is 4.70. The molecule has 0 saturated heterocycles. The predicted molar refractivity (Wildman–Crippen MR) is 86.9 cm³/mol. The Balaban J connectivity index is 3.25. The largest absolute Gasteiger partial charge is 0.0850 e. The maximum Gasteiger partial charge on any atom is 0.00602 e. The number of benzene rings is 1. The van der Waals surface area contributed by atoms with Crippen LogP contribution in [0.15, 0.2) is 35.4 Å². The monoisotopic (exact) mass is 256 g/mol. The second kappa shape index (κ2) is 6.75. The average molecular weight is 256 g/mol. The van der Waals surface area contributed by atoms with Crippen molar-refractivity contribution in [1.29, 1.82) is 0 Å². The molecule has 104 valence electrons. The fraction of sp³-hybridized carbons (Fsp3) is 0.474. The van der Waals surface area contributed by atoms with E-state index in [1.807, 2.05) is 0 Å². The Labute approximate surface area is 119 Å². The van der Waals surface area contributed by atoms with Gasteiger partial charge in [-0.15, -0.1) is 0 Å². The summed E-state index contributed by atoms with van der Waals surface area (Å²) in [6.07, 6.45) is 5.85. The Kier molecular flexibility index (Phi) is 5.60. The van der Waals surface area contributed by atoms with Gasteiger partial charge in [-0.1, -0.05) is 41.0 Å². The summed E-state index contributed by atoms with van der Waals surface area (Å²) < 4.78 is 0. The molecule has 0 aliphatic carbocycles. The van der Waals surface area contributed by atoms with E-state index in [2.05, 4.69) is 72.8 Å². The first-order valence-corrected chi connectivity index (χ1v) is 7.17. The van der Waals surface area contributed by atoms with Gasteiger partial charge in [0.05, 0.1) is 0 Å². The van der Waals surface area contributed by atoms with Gasteiger partial charge in [-0.05, 0) is 71.6 Å². The number of allylic oxidation sites excluding steroid dienone is 4. The molecule has 19 heavy (non-hydrogen) atoms. The molecule has 0 spiro atoms. The van der Waals surface area contributed by atoms with Crippen molar-refractivity contribution in [1.82, 2.24) is 0 Å². The van der Waals surface area contributed by atoms with Gasteiger partial charge in [0, 0.05) is 5.92 Å². The van der Waals surface area contributed by atoms with Gasteiger partial charge in [0.1, 0.15) is 0 Å². The van der Waals surface area contributed by atoms with Crippen LogP contribution in [0.25, 0.3) is 0 Å². The molecule has 1 unspecified atom stereocenters. The van der Waals surface area contributed by atoms with E-state index in [0.717, 1.165) is 6.42 Å². The van der Waals surface area contributed by atoms with Gasteiger partial charge >= 0.3 is 0 Å². The Morgan fingerprint density at radius 1 is 0.947 bits per heavy atom. The Morgan fingerprint density at radius 3 is 1.89 bits per heavy atom. The van der Waals surface area contributed by atoms with E-state index in [1.54, 1.807) is 0 Å². The Bertz CT molecular complexity index is 470. The quantitative estimate of drug-likeness (QED) is 0.578. The molecule has 1 aromatic rings. The summed E-state index contributed by atoms with van der Waals surface area (Å²) in [4.78, 5) is 0. The number of hydrogen-bond donors (Lipinski definition) is 0. The SMILES string of the molecule is CC(C)=CCC(C=C(C)C)c1c(C)cc(C)cc1C. The minimum absolute atomic E-state index is 0.500. The molecule has 0 nitrogen and oxygen atoms in total. The highest BCUT2D eigenvalue weighted by Crippen LogP contribution is 2.30. The van der Waals surface area contributed by atoms with Crippen LogP contribution in [0.1, 0.15) is 62.3 Å². The van der Waals surface area contributed by atoms with E-state index < -0.39 is 0 Å². The zero-order valence-electron chi connectivity index (χ0n) is 13.6. The van der Waals surface area contributed by atoms with E-state index >= 15 is 0 Å². The maximum atomic E-state index is 2.41. The van der Waals surface area contributed by atoms with Gasteiger partial charge in [-0.2, -0.15) is 0 Å². The third-order valence-corrected chi connectivity index (χ3v) is 3.42. The lowest BCUT2D eigenvalue weighted by Crippen LogP contribution is -2.02. The molecule has 0 fully saturated rings. The van der Waals surface area contributed by atoms with Crippen LogP contribution in [-0.2, 0) is 0 Å². The van der Waals surface area contributed by atoms with Crippen molar-refractivity contribution in [3.05, 3.63) is 57.7 Å². The highest BCUT2D eigenvalue weighted by molar-refractivity contribution is 5.42. The summed E-state index contributed by atoms with van der Waals surface area (Å²) in [6, 6.07) is 4.60. The summed E-state index contributed by atoms with van der Waals surface area (Å²) in [5.41, 5.74) is 8.49. The van der Waals surface area contributed by atoms with Gasteiger partial charge < -0.3 is 0 Å². The molecule has 0 saturated carbocycles. The molecule has 0 amide bonds. The summed E-state index contributed by atoms with van der Waals surface area (Å²) in [5.74, 6) is 0.500. The first kappa shape index (κ1) is 15.8. The van der Waals surface area contributed by atoms with Crippen LogP contribution in [0.4, 0.5) is 0 Å². The van der Waals surface area contributed by atoms with Crippen LogP contribution < -0.4 is 0 Å². The first-order chi connectivity index (χ1) is 8.81. The van der Waals surface area contributed by atoms with Crippen LogP contribution in [0.5, 0.6) is 0 Å². The number of rotatable bonds is 4. The maximum absolute atomic E-state index is 2.41. The number of hydrogen-bond acceptors (Lipinski definition) is 0. The van der Waals surface area contributed by atoms with Crippen molar-refractivity contribution < 1.29 is 0 Å². The fourth-order valence-corrected chi connectivity index (χ4v) is 2.81. The van der Waals surface area contributed by atoms with Gasteiger partial charge in [-0.3, -0.25) is 0 Å². The van der Waals surface area contributed by atoms with Gasteiger partial charge in [0.2, 0.25) is 0 Å². The molecule has 0 aromatic heterocycles. The van der Waals surface area contributed by atoms with Crippen molar-refractivity contribution in [2.75, 3.05) is 0 Å². The van der Waals surface area contributed by atoms with Crippen LogP contribution in [-0.4, -0.2) is 0 Å². The summed E-state index contributed by atoms with van der Waals surface area (Å²) >= 11 is 0. The van der Waals surface area contributed by atoms with Gasteiger partial charge in [0.25, 0.3) is 0 Å². The van der Waals surface area contributed by atoms with Crippen LogP contribution >= 0.6 is 0 Å². The minimum Gasteiger partial charge on any atom is -0.0850 e. The second-order valence-corrected chi connectivity index (χ2v) is 6.18. The predicted octanol–water partition coefficient (Wildman–Crippen LogP) is 6.02. The van der Waals surface area contributed by atoms with Crippen molar-refractivity contribution in [3.8, 4) is 0 Å². The molecule has 0 N–H and O–H groups in total. The Morgan fingerprint density at radius 2 is 1.47 bits per heavy atom. The van der Waals surface area contributed by atoms with E-state index in [1.165, 1.54) is 33.4 Å². The standard InChI is InChI=1S/C19H28/c1-13(2)8-9-18(10-14(3)4)19-16(6)11-15(5)12-17(19)7/h8,10-12,18H,9H2,1-7H3. The van der Waals surface area contributed by atoms with E-state index in [-0.39, 0.29) is 0 Å². The molecule has 1 aromatic carbocycles. The molecular weight excluding hydrogens is 228 g/mol. The molecule has 0 heterocycles. The van der Waals surface area contributed by atoms with E-state index in [9.17, 15) is 0 Å². The van der Waals surface area contributed by atoms with Gasteiger partial charge in [0.15, 0.2) is 0 Å². The summed E-state index contributed by atoms with van der Waals surface area (Å²) in [5, 5.41) is 0. The molecule has 0 heteroatoms. The highest BCUT2D eigenvalue weighted by atomic mass is 14.2. The first-order valence-electron chi connectivity index (χ1n) is 7.17. The normalized spacial score (nSPS) is 11.9. The van der Waals surface area contributed by atoms with E-state index in [4.69, 9.17) is 0 Å². The van der Waals surface area contributed by atoms with Crippen molar-refractivity contribution in [3.63, 3.8) is 0 Å². The molecule has 1 atom stereocenters. The van der Waals surface area contributed by atoms with Crippen molar-refractivity contribution >= 4 is 0 Å². The highest BCUT2D eigenvalue weighted by Gasteiger charge is 2.13. The van der Waals surface area contributed by atoms with Crippen LogP contribution in [0, 0.1) is 20.8 Å². The lowest BCUT2D eigenvalue weighted by atomic mass is 9.86. The summed E-state index contributed by atoms with van der Waals surface area (Å²) in [7, 11) is 0. The zero-order valence-corrected chi connectivity index (χ0v) is 13.6. The van der Waals surface area contributed by atoms with Crippen molar-refractivity contribution in [2.24, 2.45) is 0 Å². The Hall–Kier alpha value is -1.30. The summed E-state index contributed by atoms with van der Waals surface area (Å²) in [6.45, 7) is 15.4. The molecular formula is C19H28. The fourth-order valence-electron chi connectivity index (χ4n) is 2.81. The average Bonchev–Trinajstić information content (AvgIpc) is 2.23. The molecule has 0 aliphatic heterocycles. The molecule has 0 radical (unpaired) electrons. The zero-order chi connectivity index (χ0) is 14.6. The smallest absolute Gasteiger partial charge is 0.00602 e. The molecule has 1 rings (SSSR count). The molecule has 0 aliphatic rings. The number of aryl methyl sites for hydroxylation is 3. The lowest BCUT2D eigenvalue weighted by molar-refractivity contribution is 0.830.